The summed E-state index contributed by atoms with van der Waals surface area (Å²) in [5.74, 6) is 0.324. The normalized spacial score (nSPS) is 17.4. The third-order valence-electron chi connectivity index (χ3n) is 3.74. The summed E-state index contributed by atoms with van der Waals surface area (Å²) in [4.78, 5) is 18.4. The van der Waals surface area contributed by atoms with Gasteiger partial charge in [0.2, 0.25) is 0 Å². The number of amides is 1. The Morgan fingerprint density at radius 1 is 1.19 bits per heavy atom. The van der Waals surface area contributed by atoms with Gasteiger partial charge >= 0.3 is 0 Å². The largest absolute Gasteiger partial charge is 0.486 e. The molecule has 0 aliphatic carbocycles. The van der Waals surface area contributed by atoms with E-state index < -0.39 is 0 Å². The van der Waals surface area contributed by atoms with Gasteiger partial charge in [-0.15, -0.1) is 0 Å². The molecule has 1 heterocycles. The quantitative estimate of drug-likeness (QED) is 0.662. The predicted molar refractivity (Wildman–Crippen MR) is 109 cm³/mol. The SMILES string of the molecule is CN=C1S/C(=C/c2cc(Cl)c(OCc3ccccc3)c(Cl)c2)C(=O)N1C. The van der Waals surface area contributed by atoms with Crippen molar-refractivity contribution < 1.29 is 9.53 Å². The summed E-state index contributed by atoms with van der Waals surface area (Å²) in [6, 6.07) is 13.2. The van der Waals surface area contributed by atoms with Crippen molar-refractivity contribution in [1.29, 1.82) is 0 Å². The van der Waals surface area contributed by atoms with Crippen molar-refractivity contribution in [3.8, 4) is 5.75 Å². The van der Waals surface area contributed by atoms with E-state index >= 15 is 0 Å². The van der Waals surface area contributed by atoms with Crippen LogP contribution in [0.5, 0.6) is 5.75 Å². The summed E-state index contributed by atoms with van der Waals surface area (Å²) in [5, 5.41) is 1.45. The van der Waals surface area contributed by atoms with Crippen LogP contribution in [0.1, 0.15) is 11.1 Å². The molecule has 1 saturated heterocycles. The molecule has 0 saturated carbocycles. The Labute approximate surface area is 166 Å². The highest BCUT2D eigenvalue weighted by molar-refractivity contribution is 8.18. The molecule has 4 nitrogen and oxygen atoms in total. The number of ether oxygens (including phenoxy) is 1. The van der Waals surface area contributed by atoms with E-state index in [4.69, 9.17) is 27.9 Å². The minimum Gasteiger partial charge on any atom is -0.486 e. The molecule has 7 heteroatoms. The van der Waals surface area contributed by atoms with E-state index in [1.807, 2.05) is 30.3 Å². The van der Waals surface area contributed by atoms with Gasteiger partial charge < -0.3 is 4.74 Å². The zero-order valence-corrected chi connectivity index (χ0v) is 16.5. The van der Waals surface area contributed by atoms with Crippen LogP contribution >= 0.6 is 35.0 Å². The number of amidine groups is 1. The molecule has 1 aliphatic rings. The number of benzene rings is 2. The molecule has 0 bridgehead atoms. The van der Waals surface area contributed by atoms with Gasteiger partial charge in [-0.2, -0.15) is 0 Å². The number of carbonyl (C=O) groups excluding carboxylic acids is 1. The van der Waals surface area contributed by atoms with Gasteiger partial charge in [-0.05, 0) is 41.1 Å². The average molecular weight is 407 g/mol. The van der Waals surface area contributed by atoms with Crippen molar-refractivity contribution in [3.63, 3.8) is 0 Å². The molecule has 0 N–H and O–H groups in total. The fourth-order valence-electron chi connectivity index (χ4n) is 2.43. The van der Waals surface area contributed by atoms with Crippen LogP contribution in [-0.2, 0) is 11.4 Å². The first-order chi connectivity index (χ1) is 12.5. The van der Waals surface area contributed by atoms with Crippen LogP contribution in [0.4, 0.5) is 0 Å². The van der Waals surface area contributed by atoms with Gasteiger partial charge in [0, 0.05) is 14.1 Å². The maximum absolute atomic E-state index is 12.2. The lowest BCUT2D eigenvalue weighted by Crippen LogP contribution is -2.23. The van der Waals surface area contributed by atoms with Crippen LogP contribution in [0.25, 0.3) is 6.08 Å². The Kier molecular flexibility index (Phi) is 5.91. The molecule has 3 rings (SSSR count). The van der Waals surface area contributed by atoms with E-state index in [1.165, 1.54) is 16.7 Å². The van der Waals surface area contributed by atoms with E-state index in [9.17, 15) is 4.79 Å². The van der Waals surface area contributed by atoms with Gasteiger partial charge in [-0.25, -0.2) is 0 Å². The van der Waals surface area contributed by atoms with Crippen LogP contribution in [0.2, 0.25) is 10.0 Å². The lowest BCUT2D eigenvalue weighted by Gasteiger charge is -2.11. The summed E-state index contributed by atoms with van der Waals surface area (Å²) < 4.78 is 5.77. The molecular formula is C19H16Cl2N2O2S. The maximum Gasteiger partial charge on any atom is 0.266 e. The average Bonchev–Trinajstić information content (AvgIpc) is 2.90. The number of carbonyl (C=O) groups is 1. The second kappa shape index (κ2) is 8.16. The van der Waals surface area contributed by atoms with E-state index in [2.05, 4.69) is 4.99 Å². The maximum atomic E-state index is 12.2. The topological polar surface area (TPSA) is 41.9 Å². The van der Waals surface area contributed by atoms with Crippen molar-refractivity contribution in [2.45, 2.75) is 6.61 Å². The molecule has 1 amide bonds. The van der Waals surface area contributed by atoms with Gasteiger partial charge in [-0.1, -0.05) is 53.5 Å². The molecule has 0 aromatic heterocycles. The van der Waals surface area contributed by atoms with Crippen molar-refractivity contribution in [2.24, 2.45) is 4.99 Å². The number of hydrogen-bond donors (Lipinski definition) is 0. The highest BCUT2D eigenvalue weighted by atomic mass is 35.5. The van der Waals surface area contributed by atoms with Gasteiger partial charge in [0.05, 0.1) is 15.0 Å². The Balaban J connectivity index is 1.81. The summed E-state index contributed by atoms with van der Waals surface area (Å²) >= 11 is 14.0. The summed E-state index contributed by atoms with van der Waals surface area (Å²) in [6.45, 7) is 0.371. The monoisotopic (exact) mass is 406 g/mol. The second-order valence-electron chi connectivity index (χ2n) is 5.57. The van der Waals surface area contributed by atoms with Crippen molar-refractivity contribution >= 4 is 52.1 Å². The standard InChI is InChI=1S/C19H16Cl2N2O2S/c1-22-19-23(2)18(24)16(26-19)10-13-8-14(20)17(15(21)9-13)25-11-12-6-4-3-5-7-12/h3-10H,11H2,1-2H3/b16-10+,22-19?. The summed E-state index contributed by atoms with van der Waals surface area (Å²) in [6.07, 6.45) is 1.75. The molecule has 1 fully saturated rings. The Morgan fingerprint density at radius 3 is 2.42 bits per heavy atom. The third-order valence-corrected chi connectivity index (χ3v) is 5.45. The molecule has 2 aromatic carbocycles. The Morgan fingerprint density at radius 2 is 1.85 bits per heavy atom. The van der Waals surface area contributed by atoms with Crippen LogP contribution in [-0.4, -0.2) is 30.1 Å². The smallest absolute Gasteiger partial charge is 0.266 e. The number of thioether (sulfide) groups is 1. The highest BCUT2D eigenvalue weighted by Gasteiger charge is 2.29. The number of aliphatic imine (C=N–C) groups is 1. The molecule has 26 heavy (non-hydrogen) atoms. The highest BCUT2D eigenvalue weighted by Crippen LogP contribution is 2.37. The molecule has 2 aromatic rings. The third kappa shape index (κ3) is 4.06. The van der Waals surface area contributed by atoms with Crippen LogP contribution in [0.15, 0.2) is 52.4 Å². The lowest BCUT2D eigenvalue weighted by atomic mass is 10.2. The first-order valence-corrected chi connectivity index (χ1v) is 9.37. The molecule has 0 spiro atoms. The van der Waals surface area contributed by atoms with Gasteiger partial charge in [0.15, 0.2) is 10.9 Å². The number of hydrogen-bond acceptors (Lipinski definition) is 4. The number of halogens is 2. The Hall–Kier alpha value is -1.95. The first-order valence-electron chi connectivity index (χ1n) is 7.79. The van der Waals surface area contributed by atoms with E-state index in [0.29, 0.717) is 32.5 Å². The molecular weight excluding hydrogens is 391 g/mol. The van der Waals surface area contributed by atoms with E-state index in [0.717, 1.165) is 11.1 Å². The van der Waals surface area contributed by atoms with E-state index in [1.54, 1.807) is 32.3 Å². The molecule has 1 aliphatic heterocycles. The van der Waals surface area contributed by atoms with Crippen LogP contribution < -0.4 is 4.74 Å². The zero-order chi connectivity index (χ0) is 18.7. The van der Waals surface area contributed by atoms with Gasteiger partial charge in [0.1, 0.15) is 6.61 Å². The molecule has 134 valence electrons. The van der Waals surface area contributed by atoms with Crippen molar-refractivity contribution in [2.75, 3.05) is 14.1 Å². The minimum absolute atomic E-state index is 0.104. The molecule has 0 unspecified atom stereocenters. The second-order valence-corrected chi connectivity index (χ2v) is 7.39. The number of nitrogens with zero attached hydrogens (tertiary/aromatic N) is 2. The summed E-state index contributed by atoms with van der Waals surface area (Å²) in [7, 11) is 3.35. The summed E-state index contributed by atoms with van der Waals surface area (Å²) in [5.41, 5.74) is 1.75. The van der Waals surface area contributed by atoms with Gasteiger partial charge in [-0.3, -0.25) is 14.7 Å². The predicted octanol–water partition coefficient (Wildman–Crippen LogP) is 5.10. The fourth-order valence-corrected chi connectivity index (χ4v) is 3.97. The number of likely N-dealkylation sites (N-methyl/N-ethyl adjacent to an activating group) is 1. The van der Waals surface area contributed by atoms with Crippen LogP contribution in [0.3, 0.4) is 0 Å². The number of rotatable bonds is 4. The molecule has 0 radical (unpaired) electrons. The van der Waals surface area contributed by atoms with Crippen LogP contribution in [0, 0.1) is 0 Å². The Bertz CT molecular complexity index is 875. The fraction of sp³-hybridized carbons (Fsp3) is 0.158. The van der Waals surface area contributed by atoms with Gasteiger partial charge in [0.25, 0.3) is 5.91 Å². The minimum atomic E-state index is -0.104. The molecule has 0 atom stereocenters. The lowest BCUT2D eigenvalue weighted by molar-refractivity contribution is -0.121. The zero-order valence-electron chi connectivity index (χ0n) is 14.2. The van der Waals surface area contributed by atoms with E-state index in [-0.39, 0.29) is 5.91 Å². The van der Waals surface area contributed by atoms with Crippen molar-refractivity contribution in [1.82, 2.24) is 4.90 Å². The first kappa shape index (κ1) is 18.8. The van der Waals surface area contributed by atoms with Crippen molar-refractivity contribution in [3.05, 3.63) is 68.5 Å².